The van der Waals surface area contributed by atoms with Crippen molar-refractivity contribution in [2.45, 2.75) is 63.8 Å². The van der Waals surface area contributed by atoms with Crippen LogP contribution >= 0.6 is 0 Å². The molecule has 1 amide bonds. The van der Waals surface area contributed by atoms with Gasteiger partial charge in [-0.1, -0.05) is 45.3 Å². The molecule has 0 heterocycles. The molecule has 0 bridgehead atoms. The predicted octanol–water partition coefficient (Wildman–Crippen LogP) is 3.30. The molecule has 0 aromatic carbocycles. The highest BCUT2D eigenvalue weighted by Gasteiger charge is 2.21. The minimum Gasteiger partial charge on any atom is -0.450 e. The standard InChI is InChI=1S/C15H32N2O2Si/c1-17(15(18)19-9-10-20(2,3)4)12-14(16)11-13-7-5-6-8-13/h13-14H,5-12,16H2,1-4H3. The smallest absolute Gasteiger partial charge is 0.409 e. The summed E-state index contributed by atoms with van der Waals surface area (Å²) in [6.07, 6.45) is 6.09. The van der Waals surface area contributed by atoms with Gasteiger partial charge in [0.15, 0.2) is 0 Å². The topological polar surface area (TPSA) is 55.6 Å². The Labute approximate surface area is 125 Å². The van der Waals surface area contributed by atoms with E-state index in [0.717, 1.165) is 18.4 Å². The Morgan fingerprint density at radius 1 is 1.35 bits per heavy atom. The Morgan fingerprint density at radius 2 is 1.95 bits per heavy atom. The van der Waals surface area contributed by atoms with Crippen LogP contribution in [0.2, 0.25) is 25.7 Å². The summed E-state index contributed by atoms with van der Waals surface area (Å²) in [6, 6.07) is 1.09. The molecule has 0 aromatic rings. The summed E-state index contributed by atoms with van der Waals surface area (Å²) < 4.78 is 5.32. The van der Waals surface area contributed by atoms with E-state index in [1.54, 1.807) is 11.9 Å². The number of carbonyl (C=O) groups excluding carboxylic acids is 1. The first-order valence-electron chi connectivity index (χ1n) is 7.91. The van der Waals surface area contributed by atoms with Crippen LogP contribution in [-0.4, -0.2) is 45.3 Å². The van der Waals surface area contributed by atoms with Crippen molar-refractivity contribution in [1.29, 1.82) is 0 Å². The van der Waals surface area contributed by atoms with Crippen LogP contribution in [-0.2, 0) is 4.74 Å². The van der Waals surface area contributed by atoms with Gasteiger partial charge in [-0.05, 0) is 18.4 Å². The van der Waals surface area contributed by atoms with Crippen LogP contribution in [0.15, 0.2) is 0 Å². The van der Waals surface area contributed by atoms with Crippen LogP contribution in [0.5, 0.6) is 0 Å². The van der Waals surface area contributed by atoms with Gasteiger partial charge in [0, 0.05) is 27.7 Å². The number of amides is 1. The molecule has 1 fully saturated rings. The second kappa shape index (κ2) is 8.03. The Morgan fingerprint density at radius 3 is 2.50 bits per heavy atom. The monoisotopic (exact) mass is 300 g/mol. The molecule has 5 heteroatoms. The number of nitrogens with two attached hydrogens (primary N) is 1. The number of hydrogen-bond donors (Lipinski definition) is 1. The number of ether oxygens (including phenoxy) is 1. The number of nitrogens with zero attached hydrogens (tertiary/aromatic N) is 1. The summed E-state index contributed by atoms with van der Waals surface area (Å²) in [5.74, 6) is 0.765. The lowest BCUT2D eigenvalue weighted by Gasteiger charge is -2.23. The Kier molecular flexibility index (Phi) is 7.02. The lowest BCUT2D eigenvalue weighted by Crippen LogP contribution is -2.40. The molecule has 1 aliphatic carbocycles. The molecule has 1 unspecified atom stereocenters. The van der Waals surface area contributed by atoms with E-state index in [2.05, 4.69) is 19.6 Å². The Hall–Kier alpha value is -0.553. The third-order valence-corrected chi connectivity index (χ3v) is 5.71. The van der Waals surface area contributed by atoms with Crippen LogP contribution in [0, 0.1) is 5.92 Å². The molecule has 0 radical (unpaired) electrons. The summed E-state index contributed by atoms with van der Waals surface area (Å²) in [7, 11) is 0.647. The van der Waals surface area contributed by atoms with Crippen LogP contribution in [0.1, 0.15) is 32.1 Å². The van der Waals surface area contributed by atoms with Gasteiger partial charge >= 0.3 is 6.09 Å². The molecular formula is C15H32N2O2Si. The highest BCUT2D eigenvalue weighted by molar-refractivity contribution is 6.76. The Bertz CT molecular complexity index is 299. The third-order valence-electron chi connectivity index (χ3n) is 4.01. The van der Waals surface area contributed by atoms with Gasteiger partial charge in [-0.25, -0.2) is 4.79 Å². The largest absolute Gasteiger partial charge is 0.450 e. The van der Waals surface area contributed by atoms with Crippen molar-refractivity contribution in [2.75, 3.05) is 20.2 Å². The van der Waals surface area contributed by atoms with Crippen molar-refractivity contribution >= 4 is 14.2 Å². The lowest BCUT2D eigenvalue weighted by molar-refractivity contribution is 0.113. The predicted molar refractivity (Wildman–Crippen MR) is 86.7 cm³/mol. The summed E-state index contributed by atoms with van der Waals surface area (Å²) in [4.78, 5) is 13.5. The molecule has 0 aliphatic heterocycles. The molecule has 0 spiro atoms. The van der Waals surface area contributed by atoms with E-state index in [1.807, 2.05) is 0 Å². The number of rotatable bonds is 7. The minimum absolute atomic E-state index is 0.0765. The second-order valence-corrected chi connectivity index (χ2v) is 13.1. The molecular weight excluding hydrogens is 268 g/mol. The lowest BCUT2D eigenvalue weighted by atomic mass is 9.99. The molecule has 2 N–H and O–H groups in total. The summed E-state index contributed by atoms with van der Waals surface area (Å²) in [5, 5.41) is 0. The van der Waals surface area contributed by atoms with Gasteiger partial charge in [-0.3, -0.25) is 0 Å². The van der Waals surface area contributed by atoms with Gasteiger partial charge in [0.05, 0.1) is 6.61 Å². The van der Waals surface area contributed by atoms with E-state index in [0.29, 0.717) is 13.2 Å². The maximum Gasteiger partial charge on any atom is 0.409 e. The summed E-state index contributed by atoms with van der Waals surface area (Å²) in [6.45, 7) is 7.98. The number of carbonyl (C=O) groups is 1. The van der Waals surface area contributed by atoms with E-state index in [4.69, 9.17) is 10.5 Å². The summed E-state index contributed by atoms with van der Waals surface area (Å²) in [5.41, 5.74) is 6.15. The van der Waals surface area contributed by atoms with Gasteiger partial charge in [-0.2, -0.15) is 0 Å². The van der Waals surface area contributed by atoms with E-state index in [-0.39, 0.29) is 12.1 Å². The van der Waals surface area contributed by atoms with Gasteiger partial charge < -0.3 is 15.4 Å². The molecule has 0 aromatic heterocycles. The van der Waals surface area contributed by atoms with Crippen molar-refractivity contribution in [2.24, 2.45) is 11.7 Å². The maximum atomic E-state index is 11.9. The fraction of sp³-hybridized carbons (Fsp3) is 0.933. The first-order chi connectivity index (χ1) is 9.28. The zero-order chi connectivity index (χ0) is 15.2. The second-order valence-electron chi connectivity index (χ2n) is 7.45. The van der Waals surface area contributed by atoms with E-state index < -0.39 is 8.07 Å². The molecule has 1 atom stereocenters. The average Bonchev–Trinajstić information content (AvgIpc) is 2.79. The first kappa shape index (κ1) is 17.5. The normalized spacial score (nSPS) is 18.1. The van der Waals surface area contributed by atoms with Crippen LogP contribution in [0.3, 0.4) is 0 Å². The molecule has 1 rings (SSSR count). The third kappa shape index (κ3) is 7.29. The maximum absolute atomic E-state index is 11.9. The van der Waals surface area contributed by atoms with Gasteiger partial charge in [0.25, 0.3) is 0 Å². The zero-order valence-corrected chi connectivity index (χ0v) is 14.7. The fourth-order valence-electron chi connectivity index (χ4n) is 2.73. The minimum atomic E-state index is -1.14. The molecule has 4 nitrogen and oxygen atoms in total. The average molecular weight is 301 g/mol. The first-order valence-corrected chi connectivity index (χ1v) is 11.6. The van der Waals surface area contributed by atoms with Crippen LogP contribution in [0.4, 0.5) is 4.79 Å². The zero-order valence-electron chi connectivity index (χ0n) is 13.7. The van der Waals surface area contributed by atoms with Crippen molar-refractivity contribution in [1.82, 2.24) is 4.90 Å². The van der Waals surface area contributed by atoms with Crippen molar-refractivity contribution in [3.63, 3.8) is 0 Å². The fourth-order valence-corrected chi connectivity index (χ4v) is 3.44. The van der Waals surface area contributed by atoms with E-state index in [1.165, 1.54) is 25.7 Å². The van der Waals surface area contributed by atoms with Crippen molar-refractivity contribution in [3.8, 4) is 0 Å². The molecule has 0 saturated heterocycles. The number of likely N-dealkylation sites (N-methyl/N-ethyl adjacent to an activating group) is 1. The molecule has 20 heavy (non-hydrogen) atoms. The molecule has 118 valence electrons. The van der Waals surface area contributed by atoms with Crippen LogP contribution in [0.25, 0.3) is 0 Å². The highest BCUT2D eigenvalue weighted by Crippen LogP contribution is 2.28. The van der Waals surface area contributed by atoms with E-state index in [9.17, 15) is 4.79 Å². The SMILES string of the molecule is CN(CC(N)CC1CCCC1)C(=O)OCC[Si](C)(C)C. The quantitative estimate of drug-likeness (QED) is 0.734. The van der Waals surface area contributed by atoms with Crippen molar-refractivity contribution in [3.05, 3.63) is 0 Å². The molecule has 1 saturated carbocycles. The van der Waals surface area contributed by atoms with Gasteiger partial charge in [-0.15, -0.1) is 0 Å². The van der Waals surface area contributed by atoms with Crippen molar-refractivity contribution < 1.29 is 9.53 Å². The highest BCUT2D eigenvalue weighted by atomic mass is 28.3. The van der Waals surface area contributed by atoms with Gasteiger partial charge in [0.2, 0.25) is 0 Å². The summed E-state index contributed by atoms with van der Waals surface area (Å²) >= 11 is 0. The van der Waals surface area contributed by atoms with Crippen LogP contribution < -0.4 is 5.73 Å². The van der Waals surface area contributed by atoms with E-state index >= 15 is 0 Å². The Balaban J connectivity index is 2.19. The van der Waals surface area contributed by atoms with Gasteiger partial charge in [0.1, 0.15) is 0 Å². The number of hydrogen-bond acceptors (Lipinski definition) is 3. The molecule has 1 aliphatic rings.